The normalized spacial score (nSPS) is 17.9. The molecule has 2 aliphatic rings. The SMILES string of the molecule is O=C(Nc1ccc2c(c1)CCN(C1CCC1)CC2)c1ccc2[nH]nnc2c1. The van der Waals surface area contributed by atoms with Crippen molar-refractivity contribution in [2.24, 2.45) is 0 Å². The van der Waals surface area contributed by atoms with Crippen molar-refractivity contribution < 1.29 is 4.79 Å². The van der Waals surface area contributed by atoms with E-state index in [1.165, 1.54) is 30.4 Å². The highest BCUT2D eigenvalue weighted by Crippen LogP contribution is 2.28. The Labute approximate surface area is 157 Å². The molecule has 0 spiro atoms. The maximum absolute atomic E-state index is 12.6. The molecule has 0 unspecified atom stereocenters. The summed E-state index contributed by atoms with van der Waals surface area (Å²) >= 11 is 0. The van der Waals surface area contributed by atoms with Crippen LogP contribution in [0.1, 0.15) is 40.7 Å². The standard InChI is InChI=1S/C21H23N5O/c27-21(16-5-7-19-20(13-16)24-25-23-19)22-17-6-4-14-8-10-26(18-2-1-3-18)11-9-15(14)12-17/h4-7,12-13,18H,1-3,8-11H2,(H,22,27)(H,23,24,25). The minimum Gasteiger partial charge on any atom is -0.322 e. The fraction of sp³-hybridized carbons (Fsp3) is 0.381. The Kier molecular flexibility index (Phi) is 4.13. The summed E-state index contributed by atoms with van der Waals surface area (Å²) in [5.74, 6) is -0.121. The van der Waals surface area contributed by atoms with Gasteiger partial charge in [-0.2, -0.15) is 0 Å². The van der Waals surface area contributed by atoms with Crippen molar-refractivity contribution >= 4 is 22.6 Å². The zero-order valence-electron chi connectivity index (χ0n) is 15.2. The molecule has 1 saturated carbocycles. The molecule has 3 aromatic rings. The average molecular weight is 361 g/mol. The van der Waals surface area contributed by atoms with E-state index in [1.54, 1.807) is 12.1 Å². The maximum atomic E-state index is 12.6. The fourth-order valence-corrected chi connectivity index (χ4v) is 4.12. The third-order valence-electron chi connectivity index (χ3n) is 5.98. The molecule has 27 heavy (non-hydrogen) atoms. The van der Waals surface area contributed by atoms with Gasteiger partial charge < -0.3 is 5.32 Å². The van der Waals surface area contributed by atoms with Gasteiger partial charge in [0.25, 0.3) is 5.91 Å². The van der Waals surface area contributed by atoms with Crippen LogP contribution in [-0.2, 0) is 12.8 Å². The Hall–Kier alpha value is -2.73. The van der Waals surface area contributed by atoms with Gasteiger partial charge in [0.1, 0.15) is 5.52 Å². The molecule has 1 amide bonds. The first kappa shape index (κ1) is 16.4. The van der Waals surface area contributed by atoms with Crippen LogP contribution in [0.5, 0.6) is 0 Å². The van der Waals surface area contributed by atoms with Crippen LogP contribution >= 0.6 is 0 Å². The summed E-state index contributed by atoms with van der Waals surface area (Å²) in [7, 11) is 0. The number of aromatic amines is 1. The van der Waals surface area contributed by atoms with Crippen LogP contribution in [0, 0.1) is 0 Å². The van der Waals surface area contributed by atoms with Gasteiger partial charge in [0.2, 0.25) is 0 Å². The molecule has 0 radical (unpaired) electrons. The summed E-state index contributed by atoms with van der Waals surface area (Å²) in [6.45, 7) is 2.28. The van der Waals surface area contributed by atoms with Gasteiger partial charge in [-0.3, -0.25) is 14.8 Å². The minimum atomic E-state index is -0.121. The first-order valence-electron chi connectivity index (χ1n) is 9.74. The molecule has 1 aliphatic carbocycles. The third-order valence-corrected chi connectivity index (χ3v) is 5.98. The lowest BCUT2D eigenvalue weighted by Gasteiger charge is -2.36. The molecule has 5 rings (SSSR count). The fourth-order valence-electron chi connectivity index (χ4n) is 4.12. The van der Waals surface area contributed by atoms with Gasteiger partial charge in [-0.15, -0.1) is 5.10 Å². The molecule has 1 fully saturated rings. The van der Waals surface area contributed by atoms with E-state index < -0.39 is 0 Å². The van der Waals surface area contributed by atoms with Crippen LogP contribution in [-0.4, -0.2) is 45.3 Å². The van der Waals surface area contributed by atoms with Crippen molar-refractivity contribution in [3.8, 4) is 0 Å². The van der Waals surface area contributed by atoms with E-state index in [0.29, 0.717) is 11.1 Å². The number of fused-ring (bicyclic) bond motifs is 2. The summed E-state index contributed by atoms with van der Waals surface area (Å²) < 4.78 is 0. The van der Waals surface area contributed by atoms with Gasteiger partial charge in [-0.1, -0.05) is 17.7 Å². The molecule has 2 heterocycles. The van der Waals surface area contributed by atoms with Crippen molar-refractivity contribution in [3.63, 3.8) is 0 Å². The van der Waals surface area contributed by atoms with Crippen LogP contribution in [0.4, 0.5) is 5.69 Å². The molecular weight excluding hydrogens is 338 g/mol. The number of amides is 1. The number of hydrogen-bond donors (Lipinski definition) is 2. The highest BCUT2D eigenvalue weighted by atomic mass is 16.1. The summed E-state index contributed by atoms with van der Waals surface area (Å²) in [6, 6.07) is 12.5. The van der Waals surface area contributed by atoms with Crippen LogP contribution in [0.25, 0.3) is 11.0 Å². The number of H-pyrrole nitrogens is 1. The van der Waals surface area contributed by atoms with Crippen LogP contribution in [0.2, 0.25) is 0 Å². The van der Waals surface area contributed by atoms with Crippen LogP contribution < -0.4 is 5.32 Å². The largest absolute Gasteiger partial charge is 0.322 e. The van der Waals surface area contributed by atoms with E-state index in [9.17, 15) is 4.79 Å². The van der Waals surface area contributed by atoms with E-state index in [-0.39, 0.29) is 5.91 Å². The Morgan fingerprint density at radius 1 is 1.07 bits per heavy atom. The highest BCUT2D eigenvalue weighted by Gasteiger charge is 2.26. The van der Waals surface area contributed by atoms with E-state index in [4.69, 9.17) is 0 Å². The zero-order valence-corrected chi connectivity index (χ0v) is 15.2. The number of hydrogen-bond acceptors (Lipinski definition) is 4. The molecule has 1 aromatic heterocycles. The molecule has 6 nitrogen and oxygen atoms in total. The van der Waals surface area contributed by atoms with E-state index >= 15 is 0 Å². The number of benzene rings is 2. The molecule has 1 aliphatic heterocycles. The number of nitrogens with zero attached hydrogens (tertiary/aromatic N) is 3. The number of carbonyl (C=O) groups is 1. The average Bonchev–Trinajstić information content (AvgIpc) is 3.01. The number of nitrogens with one attached hydrogen (secondary N) is 2. The second-order valence-electron chi connectivity index (χ2n) is 7.60. The number of anilines is 1. The van der Waals surface area contributed by atoms with Gasteiger partial charge in [0, 0.05) is 30.4 Å². The predicted octanol–water partition coefficient (Wildman–Crippen LogP) is 3.16. The summed E-state index contributed by atoms with van der Waals surface area (Å²) in [5.41, 5.74) is 5.74. The predicted molar refractivity (Wildman–Crippen MR) is 105 cm³/mol. The maximum Gasteiger partial charge on any atom is 0.255 e. The quantitative estimate of drug-likeness (QED) is 0.751. The first-order valence-corrected chi connectivity index (χ1v) is 9.74. The molecule has 0 bridgehead atoms. The topological polar surface area (TPSA) is 73.9 Å². The summed E-state index contributed by atoms with van der Waals surface area (Å²) in [4.78, 5) is 15.3. The molecule has 138 valence electrons. The van der Waals surface area contributed by atoms with Crippen molar-refractivity contribution in [1.29, 1.82) is 0 Å². The minimum absolute atomic E-state index is 0.121. The lowest BCUT2D eigenvalue weighted by atomic mass is 9.91. The Morgan fingerprint density at radius 3 is 2.74 bits per heavy atom. The number of carbonyl (C=O) groups excluding carboxylic acids is 1. The molecule has 2 aromatic carbocycles. The van der Waals surface area contributed by atoms with Gasteiger partial charge >= 0.3 is 0 Å². The zero-order chi connectivity index (χ0) is 18.2. The highest BCUT2D eigenvalue weighted by molar-refractivity contribution is 6.05. The summed E-state index contributed by atoms with van der Waals surface area (Å²) in [6.07, 6.45) is 6.24. The van der Waals surface area contributed by atoms with Gasteiger partial charge in [0.05, 0.1) is 5.52 Å². The van der Waals surface area contributed by atoms with Crippen molar-refractivity contribution in [1.82, 2.24) is 20.3 Å². The molecule has 6 heteroatoms. The number of rotatable bonds is 3. The lowest BCUT2D eigenvalue weighted by molar-refractivity contribution is 0.102. The van der Waals surface area contributed by atoms with Gasteiger partial charge in [0.15, 0.2) is 0 Å². The van der Waals surface area contributed by atoms with E-state index in [1.807, 2.05) is 12.1 Å². The number of aromatic nitrogens is 3. The monoisotopic (exact) mass is 361 g/mol. The van der Waals surface area contributed by atoms with Crippen molar-refractivity contribution in [3.05, 3.63) is 53.1 Å². The molecule has 2 N–H and O–H groups in total. The molecule has 0 saturated heterocycles. The first-order chi connectivity index (χ1) is 13.3. The Bertz CT molecular complexity index is 991. The van der Waals surface area contributed by atoms with Gasteiger partial charge in [-0.05, 0) is 67.1 Å². The van der Waals surface area contributed by atoms with E-state index in [0.717, 1.165) is 43.2 Å². The Balaban J connectivity index is 1.31. The van der Waals surface area contributed by atoms with E-state index in [2.05, 4.69) is 37.8 Å². The molecular formula is C21H23N5O. The molecule has 0 atom stereocenters. The van der Waals surface area contributed by atoms with Gasteiger partial charge in [-0.25, -0.2) is 0 Å². The second-order valence-corrected chi connectivity index (χ2v) is 7.60. The van der Waals surface area contributed by atoms with Crippen molar-refractivity contribution in [2.75, 3.05) is 18.4 Å². The third kappa shape index (κ3) is 3.21. The van der Waals surface area contributed by atoms with Crippen molar-refractivity contribution in [2.45, 2.75) is 38.1 Å². The second kappa shape index (κ2) is 6.78. The Morgan fingerprint density at radius 2 is 1.93 bits per heavy atom. The smallest absolute Gasteiger partial charge is 0.255 e. The van der Waals surface area contributed by atoms with Crippen LogP contribution in [0.3, 0.4) is 0 Å². The summed E-state index contributed by atoms with van der Waals surface area (Å²) in [5, 5.41) is 13.6. The lowest BCUT2D eigenvalue weighted by Crippen LogP contribution is -2.41. The van der Waals surface area contributed by atoms with Crippen LogP contribution in [0.15, 0.2) is 36.4 Å².